The highest BCUT2D eigenvalue weighted by molar-refractivity contribution is 6.74. The van der Waals surface area contributed by atoms with Crippen LogP contribution in [0, 0.1) is 0 Å². The van der Waals surface area contributed by atoms with Crippen LogP contribution in [-0.4, -0.2) is 55.6 Å². The Bertz CT molecular complexity index is 751. The van der Waals surface area contributed by atoms with E-state index in [9.17, 15) is 9.90 Å². The maximum Gasteiger partial charge on any atom is 0.413 e. The van der Waals surface area contributed by atoms with Gasteiger partial charge in [-0.05, 0) is 44.5 Å². The van der Waals surface area contributed by atoms with Crippen molar-refractivity contribution >= 4 is 14.4 Å². The van der Waals surface area contributed by atoms with Crippen molar-refractivity contribution in [1.82, 2.24) is 4.90 Å². The zero-order chi connectivity index (χ0) is 23.4. The second-order valence-corrected chi connectivity index (χ2v) is 15.3. The highest BCUT2D eigenvalue weighted by Gasteiger charge is 2.44. The molecule has 174 valence electrons. The van der Waals surface area contributed by atoms with Crippen LogP contribution in [0.25, 0.3) is 0 Å². The largest absolute Gasteiger partial charge is 0.444 e. The van der Waals surface area contributed by atoms with E-state index in [-0.39, 0.29) is 11.1 Å². The Balaban J connectivity index is 2.14. The van der Waals surface area contributed by atoms with Gasteiger partial charge in [-0.15, -0.1) is 0 Å². The standard InChI is InChI=1S/C24H39NO5Si/c1-23(2,3)30-22(27)25-19(18-13-10-9-11-14-18)17-28-21(25)20(26)15-12-16-29-31(7,8)24(4,5)6/h9-15,19-21,26H,16-17H2,1-8H3/b15-12-/t19-,20-,21+/m0/s1. The molecule has 2 rings (SSSR count). The van der Waals surface area contributed by atoms with Gasteiger partial charge in [-0.3, -0.25) is 4.90 Å². The second-order valence-electron chi connectivity index (χ2n) is 10.5. The van der Waals surface area contributed by atoms with Crippen molar-refractivity contribution in [3.63, 3.8) is 0 Å². The fourth-order valence-corrected chi connectivity index (χ4v) is 3.98. The van der Waals surface area contributed by atoms with Gasteiger partial charge in [-0.1, -0.05) is 63.3 Å². The van der Waals surface area contributed by atoms with Crippen LogP contribution in [0.15, 0.2) is 42.5 Å². The van der Waals surface area contributed by atoms with E-state index in [0.717, 1.165) is 5.56 Å². The molecule has 0 aromatic heterocycles. The number of hydrogen-bond acceptors (Lipinski definition) is 5. The smallest absolute Gasteiger partial charge is 0.413 e. The number of amides is 1. The summed E-state index contributed by atoms with van der Waals surface area (Å²) in [4.78, 5) is 14.5. The molecule has 7 heteroatoms. The van der Waals surface area contributed by atoms with Crippen LogP contribution in [0.1, 0.15) is 53.1 Å². The van der Waals surface area contributed by atoms with Crippen LogP contribution < -0.4 is 0 Å². The van der Waals surface area contributed by atoms with Crippen molar-refractivity contribution in [3.8, 4) is 0 Å². The third-order valence-electron chi connectivity index (χ3n) is 5.80. The molecule has 1 N–H and O–H groups in total. The summed E-state index contributed by atoms with van der Waals surface area (Å²) in [5.74, 6) is 0. The Labute approximate surface area is 188 Å². The topological polar surface area (TPSA) is 68.2 Å². The Morgan fingerprint density at radius 2 is 1.84 bits per heavy atom. The Morgan fingerprint density at radius 3 is 2.39 bits per heavy atom. The molecule has 3 atom stereocenters. The van der Waals surface area contributed by atoms with Gasteiger partial charge in [0.05, 0.1) is 19.3 Å². The Morgan fingerprint density at radius 1 is 1.23 bits per heavy atom. The maximum absolute atomic E-state index is 13.0. The van der Waals surface area contributed by atoms with Crippen molar-refractivity contribution in [1.29, 1.82) is 0 Å². The fraction of sp³-hybridized carbons (Fsp3) is 0.625. The molecule has 1 fully saturated rings. The van der Waals surface area contributed by atoms with Crippen LogP contribution in [0.2, 0.25) is 18.1 Å². The van der Waals surface area contributed by atoms with E-state index in [2.05, 4.69) is 33.9 Å². The number of ether oxygens (including phenoxy) is 2. The molecule has 0 unspecified atom stereocenters. The minimum Gasteiger partial charge on any atom is -0.444 e. The van der Waals surface area contributed by atoms with Crippen LogP contribution in [0.5, 0.6) is 0 Å². The summed E-state index contributed by atoms with van der Waals surface area (Å²) < 4.78 is 17.6. The van der Waals surface area contributed by atoms with Gasteiger partial charge in [0.15, 0.2) is 14.5 Å². The summed E-state index contributed by atoms with van der Waals surface area (Å²) in [6, 6.07) is 9.34. The third kappa shape index (κ3) is 6.90. The second kappa shape index (κ2) is 9.86. The van der Waals surface area contributed by atoms with Crippen LogP contribution >= 0.6 is 0 Å². The number of aliphatic hydroxyl groups excluding tert-OH is 1. The SMILES string of the molecule is CC(C)(C)OC(=O)N1[C@@H]([C@@H](O)/C=C\CO[Si](C)(C)C(C)(C)C)OC[C@H]1c1ccccc1. The van der Waals surface area contributed by atoms with Crippen molar-refractivity contribution < 1.29 is 23.8 Å². The Kier molecular flexibility index (Phi) is 8.14. The van der Waals surface area contributed by atoms with Crippen molar-refractivity contribution in [2.45, 2.75) is 83.6 Å². The van der Waals surface area contributed by atoms with Gasteiger partial charge in [0.1, 0.15) is 11.7 Å². The van der Waals surface area contributed by atoms with Gasteiger partial charge >= 0.3 is 6.09 Å². The molecule has 6 nitrogen and oxygen atoms in total. The lowest BCUT2D eigenvalue weighted by Crippen LogP contribution is -2.46. The average Bonchev–Trinajstić information content (AvgIpc) is 3.09. The lowest BCUT2D eigenvalue weighted by Gasteiger charge is -2.35. The predicted molar refractivity (Wildman–Crippen MR) is 125 cm³/mol. The molecular formula is C24H39NO5Si. The number of hydrogen-bond donors (Lipinski definition) is 1. The molecule has 0 aliphatic carbocycles. The van der Waals surface area contributed by atoms with Gasteiger partial charge in [-0.2, -0.15) is 0 Å². The fourth-order valence-electron chi connectivity index (χ4n) is 3.03. The number of carbonyl (C=O) groups excluding carboxylic acids is 1. The third-order valence-corrected chi connectivity index (χ3v) is 10.3. The summed E-state index contributed by atoms with van der Waals surface area (Å²) >= 11 is 0. The monoisotopic (exact) mass is 449 g/mol. The summed E-state index contributed by atoms with van der Waals surface area (Å²) in [5, 5.41) is 10.9. The lowest BCUT2D eigenvalue weighted by molar-refractivity contribution is -0.0549. The summed E-state index contributed by atoms with van der Waals surface area (Å²) in [5.41, 5.74) is 0.289. The molecule has 1 aromatic carbocycles. The lowest BCUT2D eigenvalue weighted by atomic mass is 10.1. The van der Waals surface area contributed by atoms with Gasteiger partial charge in [0.25, 0.3) is 0 Å². The summed E-state index contributed by atoms with van der Waals surface area (Å²) in [6.45, 7) is 17.1. The van der Waals surface area contributed by atoms with E-state index in [0.29, 0.717) is 13.2 Å². The molecule has 1 heterocycles. The summed E-state index contributed by atoms with van der Waals surface area (Å²) in [6.07, 6.45) is 1.11. The molecule has 1 aliphatic heterocycles. The molecule has 1 aliphatic rings. The zero-order valence-electron chi connectivity index (χ0n) is 20.2. The van der Waals surface area contributed by atoms with E-state index >= 15 is 0 Å². The minimum absolute atomic E-state index is 0.116. The molecule has 0 spiro atoms. The minimum atomic E-state index is -1.87. The number of carbonyl (C=O) groups is 1. The van der Waals surface area contributed by atoms with Crippen molar-refractivity contribution in [2.24, 2.45) is 0 Å². The maximum atomic E-state index is 13.0. The predicted octanol–water partition coefficient (Wildman–Crippen LogP) is 5.26. The van der Waals surface area contributed by atoms with Gasteiger partial charge < -0.3 is 19.0 Å². The summed E-state index contributed by atoms with van der Waals surface area (Å²) in [7, 11) is -1.87. The van der Waals surface area contributed by atoms with Gasteiger partial charge in [0.2, 0.25) is 0 Å². The van der Waals surface area contributed by atoms with E-state index in [1.807, 2.05) is 51.1 Å². The molecule has 31 heavy (non-hydrogen) atoms. The number of aliphatic hydroxyl groups is 1. The molecule has 1 amide bonds. The molecular weight excluding hydrogens is 410 g/mol. The molecule has 0 radical (unpaired) electrons. The van der Waals surface area contributed by atoms with Crippen molar-refractivity contribution in [2.75, 3.05) is 13.2 Å². The first-order chi connectivity index (χ1) is 14.2. The Hall–Kier alpha value is -1.67. The number of rotatable bonds is 6. The van der Waals surface area contributed by atoms with E-state index < -0.39 is 32.3 Å². The van der Waals surface area contributed by atoms with E-state index in [1.54, 1.807) is 12.2 Å². The highest BCUT2D eigenvalue weighted by Crippen LogP contribution is 2.36. The van der Waals surface area contributed by atoms with Crippen LogP contribution in [0.4, 0.5) is 4.79 Å². The average molecular weight is 450 g/mol. The van der Waals surface area contributed by atoms with Gasteiger partial charge in [0, 0.05) is 0 Å². The highest BCUT2D eigenvalue weighted by atomic mass is 28.4. The van der Waals surface area contributed by atoms with Crippen LogP contribution in [-0.2, 0) is 13.9 Å². The quantitative estimate of drug-likeness (QED) is 0.474. The molecule has 0 bridgehead atoms. The number of benzene rings is 1. The first kappa shape index (κ1) is 25.6. The van der Waals surface area contributed by atoms with Crippen LogP contribution in [0.3, 0.4) is 0 Å². The first-order valence-electron chi connectivity index (χ1n) is 10.9. The molecule has 0 saturated carbocycles. The van der Waals surface area contributed by atoms with Crippen molar-refractivity contribution in [3.05, 3.63) is 48.0 Å². The first-order valence-corrected chi connectivity index (χ1v) is 13.8. The van der Waals surface area contributed by atoms with E-state index in [1.165, 1.54) is 4.90 Å². The normalized spacial score (nSPS) is 21.5. The molecule has 1 aromatic rings. The number of nitrogens with zero attached hydrogens (tertiary/aromatic N) is 1. The van der Waals surface area contributed by atoms with Gasteiger partial charge in [-0.25, -0.2) is 4.79 Å². The molecule has 1 saturated heterocycles. The zero-order valence-corrected chi connectivity index (χ0v) is 21.2. The van der Waals surface area contributed by atoms with E-state index in [4.69, 9.17) is 13.9 Å².